The molecule has 1 saturated heterocycles. The van der Waals surface area contributed by atoms with Gasteiger partial charge in [-0.1, -0.05) is 5.21 Å². The molecule has 0 spiro atoms. The zero-order chi connectivity index (χ0) is 12.3. The van der Waals surface area contributed by atoms with Crippen LogP contribution >= 0.6 is 0 Å². The van der Waals surface area contributed by atoms with Crippen LogP contribution in [0.15, 0.2) is 0 Å². The van der Waals surface area contributed by atoms with E-state index in [-0.39, 0.29) is 19.1 Å². The smallest absolute Gasteiger partial charge is 0.317 e. The maximum absolute atomic E-state index is 11.6. The molecule has 1 aliphatic rings. The largest absolute Gasteiger partial charge is 0.481 e. The molecule has 0 bridgehead atoms. The Bertz CT molecular complexity index is 405. The number of H-pyrrole nitrogens is 1. The minimum Gasteiger partial charge on any atom is -0.481 e. The number of aromatic amines is 1. The lowest BCUT2D eigenvalue weighted by Gasteiger charge is -2.15. The highest BCUT2D eigenvalue weighted by molar-refractivity contribution is 5.77. The molecule has 17 heavy (non-hydrogen) atoms. The lowest BCUT2D eigenvalue weighted by molar-refractivity contribution is -0.141. The molecule has 1 aromatic rings. The van der Waals surface area contributed by atoms with Crippen LogP contribution in [0.25, 0.3) is 0 Å². The zero-order valence-electron chi connectivity index (χ0n) is 8.96. The number of rotatable bonds is 3. The van der Waals surface area contributed by atoms with Gasteiger partial charge in [0.05, 0.1) is 12.5 Å². The summed E-state index contributed by atoms with van der Waals surface area (Å²) in [7, 11) is 0. The normalized spacial score (nSPS) is 19.3. The van der Waals surface area contributed by atoms with Crippen molar-refractivity contribution in [2.75, 3.05) is 13.1 Å². The predicted molar refractivity (Wildman–Crippen MR) is 53.7 cm³/mol. The summed E-state index contributed by atoms with van der Waals surface area (Å²) in [5, 5.41) is 24.4. The number of urea groups is 1. The van der Waals surface area contributed by atoms with Crippen LogP contribution in [0.2, 0.25) is 0 Å². The van der Waals surface area contributed by atoms with Gasteiger partial charge in [-0.3, -0.25) is 4.79 Å². The number of tetrazole rings is 1. The summed E-state index contributed by atoms with van der Waals surface area (Å²) in [4.78, 5) is 23.8. The molecule has 9 heteroatoms. The van der Waals surface area contributed by atoms with Crippen molar-refractivity contribution < 1.29 is 14.7 Å². The highest BCUT2D eigenvalue weighted by Gasteiger charge is 2.30. The second-order valence-electron chi connectivity index (χ2n) is 3.76. The van der Waals surface area contributed by atoms with Crippen molar-refractivity contribution in [2.24, 2.45) is 5.92 Å². The Kier molecular flexibility index (Phi) is 3.17. The highest BCUT2D eigenvalue weighted by Crippen LogP contribution is 2.15. The number of aromatic nitrogens is 4. The van der Waals surface area contributed by atoms with E-state index in [9.17, 15) is 9.59 Å². The van der Waals surface area contributed by atoms with Crippen molar-refractivity contribution >= 4 is 12.0 Å². The molecule has 92 valence electrons. The first kappa shape index (κ1) is 11.3. The van der Waals surface area contributed by atoms with E-state index >= 15 is 0 Å². The fraction of sp³-hybridized carbons (Fsp3) is 0.625. The Morgan fingerprint density at radius 1 is 1.59 bits per heavy atom. The van der Waals surface area contributed by atoms with Crippen LogP contribution in [-0.4, -0.2) is 55.7 Å². The molecule has 3 N–H and O–H groups in total. The van der Waals surface area contributed by atoms with Crippen molar-refractivity contribution in [2.45, 2.75) is 13.0 Å². The molecule has 9 nitrogen and oxygen atoms in total. The molecule has 1 atom stereocenters. The number of carboxylic acid groups (broad SMARTS) is 1. The molecule has 2 heterocycles. The average molecular weight is 240 g/mol. The van der Waals surface area contributed by atoms with Gasteiger partial charge in [-0.05, 0) is 6.42 Å². The van der Waals surface area contributed by atoms with E-state index in [2.05, 4.69) is 25.9 Å². The van der Waals surface area contributed by atoms with Crippen LogP contribution in [0.5, 0.6) is 0 Å². The van der Waals surface area contributed by atoms with E-state index in [4.69, 9.17) is 5.11 Å². The Morgan fingerprint density at radius 2 is 2.41 bits per heavy atom. The standard InChI is InChI=1S/C8H12N6O3/c15-7(16)5-1-2-14(4-5)8(17)9-3-6-10-12-13-11-6/h5H,1-4H2,(H,9,17)(H,15,16)(H,10,11,12,13). The summed E-state index contributed by atoms with van der Waals surface area (Å²) in [6.45, 7) is 0.867. The number of carbonyl (C=O) groups excluding carboxylic acids is 1. The summed E-state index contributed by atoms with van der Waals surface area (Å²) in [6.07, 6.45) is 0.491. The third kappa shape index (κ3) is 2.68. The van der Waals surface area contributed by atoms with Crippen LogP contribution in [0.4, 0.5) is 4.79 Å². The lowest BCUT2D eigenvalue weighted by Crippen LogP contribution is -2.38. The van der Waals surface area contributed by atoms with Crippen LogP contribution in [0.3, 0.4) is 0 Å². The van der Waals surface area contributed by atoms with Crippen molar-refractivity contribution in [1.82, 2.24) is 30.8 Å². The average Bonchev–Trinajstić information content (AvgIpc) is 2.96. The quantitative estimate of drug-likeness (QED) is 0.610. The zero-order valence-corrected chi connectivity index (χ0v) is 8.96. The third-order valence-corrected chi connectivity index (χ3v) is 2.61. The number of aliphatic carboxylic acids is 1. The predicted octanol–water partition coefficient (Wildman–Crippen LogP) is -1.18. The van der Waals surface area contributed by atoms with E-state index in [1.165, 1.54) is 4.90 Å². The second-order valence-corrected chi connectivity index (χ2v) is 3.76. The molecule has 1 aliphatic heterocycles. The number of amides is 2. The molecule has 1 fully saturated rings. The Morgan fingerprint density at radius 3 is 3.00 bits per heavy atom. The van der Waals surface area contributed by atoms with Crippen LogP contribution in [-0.2, 0) is 11.3 Å². The Labute approximate surface area is 96.2 Å². The van der Waals surface area contributed by atoms with E-state index in [0.717, 1.165) is 0 Å². The lowest BCUT2D eigenvalue weighted by atomic mass is 10.1. The number of carbonyl (C=O) groups is 2. The fourth-order valence-corrected chi connectivity index (χ4v) is 1.67. The Hall–Kier alpha value is -2.19. The maximum atomic E-state index is 11.6. The number of nitrogens with zero attached hydrogens (tertiary/aromatic N) is 4. The van der Waals surface area contributed by atoms with E-state index in [1.807, 2.05) is 0 Å². The topological polar surface area (TPSA) is 124 Å². The number of hydrogen-bond acceptors (Lipinski definition) is 5. The van der Waals surface area contributed by atoms with Gasteiger partial charge in [0.25, 0.3) is 0 Å². The summed E-state index contributed by atoms with van der Waals surface area (Å²) < 4.78 is 0. The summed E-state index contributed by atoms with van der Waals surface area (Å²) in [6, 6.07) is -0.307. The first-order chi connectivity index (χ1) is 8.16. The monoisotopic (exact) mass is 240 g/mol. The van der Waals surface area contributed by atoms with E-state index in [0.29, 0.717) is 18.8 Å². The fourth-order valence-electron chi connectivity index (χ4n) is 1.67. The molecule has 1 aromatic heterocycles. The molecular formula is C8H12N6O3. The number of hydrogen-bond donors (Lipinski definition) is 3. The first-order valence-electron chi connectivity index (χ1n) is 5.14. The van der Waals surface area contributed by atoms with Crippen molar-refractivity contribution in [3.63, 3.8) is 0 Å². The number of nitrogens with one attached hydrogen (secondary N) is 2. The molecule has 0 saturated carbocycles. The van der Waals surface area contributed by atoms with Gasteiger partial charge >= 0.3 is 12.0 Å². The maximum Gasteiger partial charge on any atom is 0.317 e. The van der Waals surface area contributed by atoms with Gasteiger partial charge in [0.15, 0.2) is 5.82 Å². The van der Waals surface area contributed by atoms with Gasteiger partial charge in [-0.2, -0.15) is 5.21 Å². The van der Waals surface area contributed by atoms with Gasteiger partial charge < -0.3 is 15.3 Å². The number of likely N-dealkylation sites (tertiary alicyclic amines) is 1. The summed E-state index contributed by atoms with van der Waals surface area (Å²) in [5.74, 6) is -0.947. The molecule has 2 amide bonds. The third-order valence-electron chi connectivity index (χ3n) is 2.61. The van der Waals surface area contributed by atoms with E-state index in [1.54, 1.807) is 0 Å². The summed E-state index contributed by atoms with van der Waals surface area (Å²) >= 11 is 0. The minimum atomic E-state index is -0.863. The van der Waals surface area contributed by atoms with Gasteiger partial charge in [-0.25, -0.2) is 4.79 Å². The van der Waals surface area contributed by atoms with Gasteiger partial charge in [0.1, 0.15) is 0 Å². The molecule has 1 unspecified atom stereocenters. The highest BCUT2D eigenvalue weighted by atomic mass is 16.4. The molecule has 0 aromatic carbocycles. The molecular weight excluding hydrogens is 228 g/mol. The molecule has 2 rings (SSSR count). The van der Waals surface area contributed by atoms with Gasteiger partial charge in [0.2, 0.25) is 0 Å². The van der Waals surface area contributed by atoms with E-state index < -0.39 is 11.9 Å². The summed E-state index contributed by atoms with van der Waals surface area (Å²) in [5.41, 5.74) is 0. The van der Waals surface area contributed by atoms with Crippen LogP contribution in [0.1, 0.15) is 12.2 Å². The Balaban J connectivity index is 1.79. The van der Waals surface area contributed by atoms with Crippen LogP contribution in [0, 0.1) is 5.92 Å². The first-order valence-corrected chi connectivity index (χ1v) is 5.14. The van der Waals surface area contributed by atoms with Crippen LogP contribution < -0.4 is 5.32 Å². The minimum absolute atomic E-state index is 0.170. The second kappa shape index (κ2) is 4.76. The van der Waals surface area contributed by atoms with Crippen molar-refractivity contribution in [1.29, 1.82) is 0 Å². The van der Waals surface area contributed by atoms with Gasteiger partial charge in [-0.15, -0.1) is 10.2 Å². The number of carboxylic acids is 1. The van der Waals surface area contributed by atoms with Crippen molar-refractivity contribution in [3.8, 4) is 0 Å². The molecule has 0 aliphatic carbocycles. The SMILES string of the molecule is O=C(O)C1CCN(C(=O)NCc2nn[nH]n2)C1. The van der Waals surface area contributed by atoms with Gasteiger partial charge in [0, 0.05) is 13.1 Å². The molecule has 0 radical (unpaired) electrons. The van der Waals surface area contributed by atoms with Crippen molar-refractivity contribution in [3.05, 3.63) is 5.82 Å².